The second kappa shape index (κ2) is 28.5. The van der Waals surface area contributed by atoms with E-state index in [1.807, 2.05) is 6.92 Å². The molecule has 4 nitrogen and oxygen atoms in total. The zero-order valence-corrected chi connectivity index (χ0v) is 24.3. The van der Waals surface area contributed by atoms with E-state index in [0.717, 1.165) is 12.8 Å². The second-order valence-electron chi connectivity index (χ2n) is 11.1. The Morgan fingerprint density at radius 3 is 1.19 bits per heavy atom. The largest absolute Gasteiger partial charge is 0.481 e. The number of hydrogen-bond acceptors (Lipinski definition) is 3. The van der Waals surface area contributed by atoms with Crippen LogP contribution in [0.2, 0.25) is 0 Å². The lowest BCUT2D eigenvalue weighted by atomic mass is 10.0. The predicted molar refractivity (Wildman–Crippen MR) is 154 cm³/mol. The van der Waals surface area contributed by atoms with Crippen LogP contribution in [0.25, 0.3) is 0 Å². The molecule has 0 radical (unpaired) electrons. The Morgan fingerprint density at radius 1 is 0.528 bits per heavy atom. The molecular formula is C32H62O4. The number of carboxylic acid groups (broad SMARTS) is 1. The lowest BCUT2D eigenvalue weighted by Gasteiger charge is -2.12. The summed E-state index contributed by atoms with van der Waals surface area (Å²) in [7, 11) is 0. The Bertz CT molecular complexity index is 477. The lowest BCUT2D eigenvalue weighted by Crippen LogP contribution is -2.15. The topological polar surface area (TPSA) is 63.6 Å². The fraction of sp³-hybridized carbons (Fsp3) is 0.938. The molecule has 0 rings (SSSR count). The number of esters is 1. The SMILES string of the molecule is CCCCCCCCCCCCCCCCCCCCCCCCCC(=O)OC(C)CCCC(=O)O. The predicted octanol–water partition coefficient (Wildman–Crippen LogP) is 10.6. The molecule has 0 heterocycles. The van der Waals surface area contributed by atoms with E-state index in [9.17, 15) is 9.59 Å². The van der Waals surface area contributed by atoms with Crippen molar-refractivity contribution >= 4 is 11.9 Å². The molecule has 0 saturated heterocycles. The third-order valence-electron chi connectivity index (χ3n) is 7.32. The number of carboxylic acids is 1. The summed E-state index contributed by atoms with van der Waals surface area (Å²) in [5.41, 5.74) is 0. The van der Waals surface area contributed by atoms with Gasteiger partial charge in [0.25, 0.3) is 0 Å². The first-order valence-electron chi connectivity index (χ1n) is 16.0. The van der Waals surface area contributed by atoms with E-state index in [1.54, 1.807) is 0 Å². The van der Waals surface area contributed by atoms with E-state index >= 15 is 0 Å². The third-order valence-corrected chi connectivity index (χ3v) is 7.32. The molecule has 0 amide bonds. The normalized spacial score (nSPS) is 12.1. The van der Waals surface area contributed by atoms with Gasteiger partial charge in [-0.3, -0.25) is 9.59 Å². The zero-order valence-electron chi connectivity index (χ0n) is 24.3. The first-order valence-corrected chi connectivity index (χ1v) is 16.0. The van der Waals surface area contributed by atoms with Gasteiger partial charge in [-0.15, -0.1) is 0 Å². The molecule has 0 aliphatic rings. The first-order chi connectivity index (χ1) is 17.6. The fourth-order valence-electron chi connectivity index (χ4n) is 4.94. The maximum absolute atomic E-state index is 11.8. The van der Waals surface area contributed by atoms with Gasteiger partial charge in [-0.2, -0.15) is 0 Å². The average Bonchev–Trinajstić information content (AvgIpc) is 2.84. The molecule has 1 unspecified atom stereocenters. The van der Waals surface area contributed by atoms with Crippen LogP contribution in [0, 0.1) is 0 Å². The molecule has 0 aromatic carbocycles. The minimum atomic E-state index is -0.793. The van der Waals surface area contributed by atoms with E-state index in [-0.39, 0.29) is 18.5 Å². The number of unbranched alkanes of at least 4 members (excludes halogenated alkanes) is 22. The van der Waals surface area contributed by atoms with Gasteiger partial charge in [0.2, 0.25) is 0 Å². The highest BCUT2D eigenvalue weighted by Gasteiger charge is 2.10. The van der Waals surface area contributed by atoms with Crippen LogP contribution in [0.5, 0.6) is 0 Å². The van der Waals surface area contributed by atoms with Crippen molar-refractivity contribution in [3.05, 3.63) is 0 Å². The van der Waals surface area contributed by atoms with Crippen LogP contribution in [0.15, 0.2) is 0 Å². The third kappa shape index (κ3) is 29.2. The highest BCUT2D eigenvalue weighted by Crippen LogP contribution is 2.16. The van der Waals surface area contributed by atoms with Gasteiger partial charge >= 0.3 is 11.9 Å². The van der Waals surface area contributed by atoms with Crippen LogP contribution in [0.4, 0.5) is 0 Å². The van der Waals surface area contributed by atoms with Gasteiger partial charge in [-0.1, -0.05) is 148 Å². The number of aliphatic carboxylic acids is 1. The Morgan fingerprint density at radius 2 is 0.861 bits per heavy atom. The van der Waals surface area contributed by atoms with E-state index in [4.69, 9.17) is 9.84 Å². The average molecular weight is 511 g/mol. The van der Waals surface area contributed by atoms with Gasteiger partial charge in [0.15, 0.2) is 0 Å². The molecule has 0 aliphatic carbocycles. The Balaban J connectivity index is 3.18. The van der Waals surface area contributed by atoms with Crippen molar-refractivity contribution in [1.82, 2.24) is 0 Å². The van der Waals surface area contributed by atoms with Gasteiger partial charge in [0.1, 0.15) is 0 Å². The van der Waals surface area contributed by atoms with Gasteiger partial charge < -0.3 is 9.84 Å². The molecule has 0 aromatic rings. The zero-order chi connectivity index (χ0) is 26.5. The summed E-state index contributed by atoms with van der Waals surface area (Å²) in [6.45, 7) is 4.14. The van der Waals surface area contributed by atoms with Crippen LogP contribution >= 0.6 is 0 Å². The number of carbonyl (C=O) groups excluding carboxylic acids is 1. The van der Waals surface area contributed by atoms with Crippen LogP contribution in [0.3, 0.4) is 0 Å². The molecule has 0 fully saturated rings. The van der Waals surface area contributed by atoms with Gasteiger partial charge in [0.05, 0.1) is 6.10 Å². The van der Waals surface area contributed by atoms with Crippen molar-refractivity contribution in [1.29, 1.82) is 0 Å². The van der Waals surface area contributed by atoms with Crippen LogP contribution in [-0.2, 0) is 14.3 Å². The van der Waals surface area contributed by atoms with Gasteiger partial charge in [0, 0.05) is 12.8 Å². The number of rotatable bonds is 29. The quantitative estimate of drug-likeness (QED) is 0.0802. The highest BCUT2D eigenvalue weighted by molar-refractivity contribution is 5.69. The molecule has 4 heteroatoms. The fourth-order valence-corrected chi connectivity index (χ4v) is 4.94. The molecular weight excluding hydrogens is 448 g/mol. The van der Waals surface area contributed by atoms with Crippen LogP contribution in [-0.4, -0.2) is 23.1 Å². The Hall–Kier alpha value is -1.06. The maximum atomic E-state index is 11.8. The monoisotopic (exact) mass is 510 g/mol. The Labute approximate surface area is 224 Å². The second-order valence-corrected chi connectivity index (χ2v) is 11.1. The minimum Gasteiger partial charge on any atom is -0.481 e. The summed E-state index contributed by atoms with van der Waals surface area (Å²) in [5.74, 6) is -0.931. The summed E-state index contributed by atoms with van der Waals surface area (Å²) in [6.07, 6.45) is 33.1. The first kappa shape index (κ1) is 34.9. The highest BCUT2D eigenvalue weighted by atomic mass is 16.5. The molecule has 0 spiro atoms. The van der Waals surface area contributed by atoms with Crippen molar-refractivity contribution in [2.45, 2.75) is 193 Å². The van der Waals surface area contributed by atoms with Crippen LogP contribution < -0.4 is 0 Å². The molecule has 0 bridgehead atoms. The lowest BCUT2D eigenvalue weighted by molar-refractivity contribution is -0.148. The van der Waals surface area contributed by atoms with Crippen molar-refractivity contribution in [2.75, 3.05) is 0 Å². The molecule has 36 heavy (non-hydrogen) atoms. The molecule has 1 N–H and O–H groups in total. The Kier molecular flexibility index (Phi) is 27.7. The maximum Gasteiger partial charge on any atom is 0.306 e. The molecule has 0 aliphatic heterocycles. The summed E-state index contributed by atoms with van der Waals surface area (Å²) >= 11 is 0. The molecule has 0 aromatic heterocycles. The number of hydrogen-bond donors (Lipinski definition) is 1. The molecule has 1 atom stereocenters. The van der Waals surface area contributed by atoms with E-state index in [0.29, 0.717) is 19.3 Å². The van der Waals surface area contributed by atoms with Crippen molar-refractivity contribution in [3.63, 3.8) is 0 Å². The summed E-state index contributed by atoms with van der Waals surface area (Å²) in [5, 5.41) is 8.65. The van der Waals surface area contributed by atoms with E-state index in [2.05, 4.69) is 6.92 Å². The smallest absolute Gasteiger partial charge is 0.306 e. The number of carbonyl (C=O) groups is 2. The molecule has 214 valence electrons. The number of ether oxygens (including phenoxy) is 1. The van der Waals surface area contributed by atoms with E-state index < -0.39 is 5.97 Å². The minimum absolute atomic E-state index is 0.138. The van der Waals surface area contributed by atoms with E-state index in [1.165, 1.54) is 135 Å². The van der Waals surface area contributed by atoms with Crippen molar-refractivity contribution < 1.29 is 19.4 Å². The summed E-state index contributed by atoms with van der Waals surface area (Å²) in [4.78, 5) is 22.3. The standard InChI is InChI=1S/C32H62O4/c1-3-4-5-6-7-8-9-10-11-12-13-14-15-16-17-18-19-20-21-22-23-24-25-29-32(35)36-30(2)27-26-28-31(33)34/h30H,3-29H2,1-2H3,(H,33,34). The van der Waals surface area contributed by atoms with Crippen LogP contribution in [0.1, 0.15) is 187 Å². The summed E-state index contributed by atoms with van der Waals surface area (Å²) < 4.78 is 5.35. The van der Waals surface area contributed by atoms with Crippen molar-refractivity contribution in [2.24, 2.45) is 0 Å². The van der Waals surface area contributed by atoms with Gasteiger partial charge in [-0.05, 0) is 26.2 Å². The summed E-state index contributed by atoms with van der Waals surface area (Å²) in [6, 6.07) is 0. The molecule has 0 saturated carbocycles. The van der Waals surface area contributed by atoms with Crippen molar-refractivity contribution in [3.8, 4) is 0 Å². The van der Waals surface area contributed by atoms with Gasteiger partial charge in [-0.25, -0.2) is 0 Å².